The van der Waals surface area contributed by atoms with Crippen LogP contribution in [0.1, 0.15) is 5.56 Å². The van der Waals surface area contributed by atoms with Gasteiger partial charge >= 0.3 is 0 Å². The predicted molar refractivity (Wildman–Crippen MR) is 39.0 cm³/mol. The van der Waals surface area contributed by atoms with E-state index in [4.69, 9.17) is 0 Å². The van der Waals surface area contributed by atoms with Crippen LogP contribution in [0.4, 0.5) is 8.87 Å². The highest BCUT2D eigenvalue weighted by atomic mass is 19.2. The number of rotatable bonds is 2. The minimum atomic E-state index is -0.329. The molecule has 1 nitrogen and oxygen atoms in total. The molecule has 1 aromatic carbocycles. The zero-order valence-electron chi connectivity index (χ0n) is 6.22. The average molecular weight is 157 g/mol. The number of hydrogen-bond donors (Lipinski definition) is 0. The van der Waals surface area contributed by atoms with E-state index in [-0.39, 0.29) is 12.4 Å². The third-order valence-electron chi connectivity index (χ3n) is 1.29. The maximum atomic E-state index is 12.5. The lowest BCUT2D eigenvalue weighted by atomic mass is 10.2. The summed E-state index contributed by atoms with van der Waals surface area (Å²) in [6.45, 7) is 0.123. The Balaban J connectivity index is 2.71. The van der Waals surface area contributed by atoms with Gasteiger partial charge in [-0.15, -0.1) is 9.60 Å². The van der Waals surface area contributed by atoms with Gasteiger partial charge in [0.1, 0.15) is 5.82 Å². The van der Waals surface area contributed by atoms with Gasteiger partial charge < -0.3 is 0 Å². The van der Waals surface area contributed by atoms with E-state index in [1.54, 1.807) is 12.1 Å². The molecule has 0 atom stereocenters. The Morgan fingerprint density at radius 2 is 2.18 bits per heavy atom. The van der Waals surface area contributed by atoms with Gasteiger partial charge in [-0.25, -0.2) is 4.39 Å². The molecule has 0 saturated heterocycles. The van der Waals surface area contributed by atoms with Crippen LogP contribution < -0.4 is 0 Å². The van der Waals surface area contributed by atoms with Gasteiger partial charge in [0.2, 0.25) is 0 Å². The Hall–Kier alpha value is -0.960. The minimum Gasteiger partial charge on any atom is -0.207 e. The van der Waals surface area contributed by atoms with E-state index in [0.29, 0.717) is 10.7 Å². The molecule has 0 aliphatic carbocycles. The molecule has 0 spiro atoms. The van der Waals surface area contributed by atoms with Crippen LogP contribution in [0, 0.1) is 5.82 Å². The lowest BCUT2D eigenvalue weighted by molar-refractivity contribution is 0.0505. The van der Waals surface area contributed by atoms with Gasteiger partial charge in [0.05, 0.1) is 6.54 Å². The van der Waals surface area contributed by atoms with Crippen molar-refractivity contribution in [2.24, 2.45) is 0 Å². The molecule has 0 aromatic heterocycles. The molecule has 60 valence electrons. The Bertz CT molecular complexity index is 235. The van der Waals surface area contributed by atoms with Crippen LogP contribution in [-0.2, 0) is 6.54 Å². The molecule has 0 aliphatic rings. The lowest BCUT2D eigenvalue weighted by Crippen LogP contribution is -2.05. The number of benzene rings is 1. The van der Waals surface area contributed by atoms with Gasteiger partial charge in [-0.3, -0.25) is 0 Å². The summed E-state index contributed by atoms with van der Waals surface area (Å²) in [5.41, 5.74) is 0.634. The largest absolute Gasteiger partial charge is 0.207 e. The van der Waals surface area contributed by atoms with E-state index in [1.807, 2.05) is 0 Å². The third-order valence-corrected chi connectivity index (χ3v) is 1.29. The summed E-state index contributed by atoms with van der Waals surface area (Å²) in [7, 11) is 1.30. The van der Waals surface area contributed by atoms with Crippen LogP contribution in [0.5, 0.6) is 0 Å². The first-order chi connectivity index (χ1) is 5.18. The summed E-state index contributed by atoms with van der Waals surface area (Å²) in [6.07, 6.45) is 0. The van der Waals surface area contributed by atoms with Crippen molar-refractivity contribution in [3.05, 3.63) is 35.6 Å². The number of hydrogen-bond acceptors (Lipinski definition) is 1. The summed E-state index contributed by atoms with van der Waals surface area (Å²) < 4.78 is 24.7. The highest BCUT2D eigenvalue weighted by Crippen LogP contribution is 2.05. The normalized spacial score (nSPS) is 10.5. The number of nitrogens with zero attached hydrogens (tertiary/aromatic N) is 1. The van der Waals surface area contributed by atoms with Crippen LogP contribution >= 0.6 is 0 Å². The molecule has 1 aromatic rings. The van der Waals surface area contributed by atoms with Gasteiger partial charge in [0.15, 0.2) is 0 Å². The van der Waals surface area contributed by atoms with Crippen molar-refractivity contribution in [2.45, 2.75) is 6.54 Å². The lowest BCUT2D eigenvalue weighted by Gasteiger charge is -2.03. The second-order valence-corrected chi connectivity index (χ2v) is 2.39. The first-order valence-electron chi connectivity index (χ1n) is 3.30. The van der Waals surface area contributed by atoms with E-state index in [9.17, 15) is 8.87 Å². The Morgan fingerprint density at radius 3 is 2.73 bits per heavy atom. The Kier molecular flexibility index (Phi) is 2.54. The molecular formula is C8H9F2N. The maximum absolute atomic E-state index is 12.5. The quantitative estimate of drug-likeness (QED) is 0.594. The van der Waals surface area contributed by atoms with Crippen molar-refractivity contribution in [3.8, 4) is 0 Å². The fourth-order valence-electron chi connectivity index (χ4n) is 0.887. The summed E-state index contributed by atoms with van der Waals surface area (Å²) in [5, 5.41) is 0.509. The summed E-state index contributed by atoms with van der Waals surface area (Å²) in [6, 6.07) is 5.89. The van der Waals surface area contributed by atoms with Crippen LogP contribution in [0.25, 0.3) is 0 Å². The van der Waals surface area contributed by atoms with Gasteiger partial charge in [0.25, 0.3) is 0 Å². The second-order valence-electron chi connectivity index (χ2n) is 2.39. The van der Waals surface area contributed by atoms with Crippen molar-refractivity contribution >= 4 is 0 Å². The monoisotopic (exact) mass is 157 g/mol. The zero-order chi connectivity index (χ0) is 8.27. The molecule has 0 radical (unpaired) electrons. The molecule has 0 amide bonds. The van der Waals surface area contributed by atoms with Crippen molar-refractivity contribution < 1.29 is 8.87 Å². The van der Waals surface area contributed by atoms with Crippen LogP contribution in [-0.4, -0.2) is 12.2 Å². The fourth-order valence-corrected chi connectivity index (χ4v) is 0.887. The average Bonchev–Trinajstić information content (AvgIpc) is 1.85. The zero-order valence-corrected chi connectivity index (χ0v) is 6.22. The van der Waals surface area contributed by atoms with Gasteiger partial charge in [0, 0.05) is 7.05 Å². The predicted octanol–water partition coefficient (Wildman–Crippen LogP) is 2.14. The minimum absolute atomic E-state index is 0.123. The SMILES string of the molecule is CN(F)Cc1cccc(F)c1. The van der Waals surface area contributed by atoms with E-state index in [2.05, 4.69) is 0 Å². The van der Waals surface area contributed by atoms with E-state index in [0.717, 1.165) is 0 Å². The van der Waals surface area contributed by atoms with Crippen LogP contribution in [0.15, 0.2) is 24.3 Å². The van der Waals surface area contributed by atoms with Crippen LogP contribution in [0.2, 0.25) is 0 Å². The fraction of sp³-hybridized carbons (Fsp3) is 0.250. The summed E-state index contributed by atoms with van der Waals surface area (Å²) >= 11 is 0. The van der Waals surface area contributed by atoms with E-state index < -0.39 is 0 Å². The first-order valence-corrected chi connectivity index (χ1v) is 3.30. The standard InChI is InChI=1S/C8H9F2N/c1-11(10)6-7-3-2-4-8(9)5-7/h2-5H,6H2,1H3. The highest BCUT2D eigenvalue weighted by Gasteiger charge is 1.97. The molecular weight excluding hydrogens is 148 g/mol. The van der Waals surface area contributed by atoms with Crippen molar-refractivity contribution in [1.29, 1.82) is 0 Å². The van der Waals surface area contributed by atoms with Gasteiger partial charge in [-0.05, 0) is 17.7 Å². The second kappa shape index (κ2) is 3.44. The molecule has 3 heteroatoms. The molecule has 0 N–H and O–H groups in total. The smallest absolute Gasteiger partial charge is 0.123 e. The highest BCUT2D eigenvalue weighted by molar-refractivity contribution is 5.15. The molecule has 0 fully saturated rings. The number of halogens is 2. The molecule has 0 unspecified atom stereocenters. The molecule has 0 saturated carbocycles. The first kappa shape index (κ1) is 8.14. The molecule has 0 aliphatic heterocycles. The maximum Gasteiger partial charge on any atom is 0.123 e. The molecule has 11 heavy (non-hydrogen) atoms. The molecule has 0 bridgehead atoms. The third kappa shape index (κ3) is 2.63. The molecule has 1 rings (SSSR count). The van der Waals surface area contributed by atoms with Crippen molar-refractivity contribution in [1.82, 2.24) is 5.12 Å². The molecule has 0 heterocycles. The van der Waals surface area contributed by atoms with Crippen molar-refractivity contribution in [3.63, 3.8) is 0 Å². The van der Waals surface area contributed by atoms with E-state index >= 15 is 0 Å². The van der Waals surface area contributed by atoms with Gasteiger partial charge in [-0.2, -0.15) is 0 Å². The summed E-state index contributed by atoms with van der Waals surface area (Å²) in [4.78, 5) is 0. The topological polar surface area (TPSA) is 3.24 Å². The van der Waals surface area contributed by atoms with Crippen molar-refractivity contribution in [2.75, 3.05) is 7.05 Å². The summed E-state index contributed by atoms with van der Waals surface area (Å²) in [5.74, 6) is -0.329. The van der Waals surface area contributed by atoms with Crippen LogP contribution in [0.3, 0.4) is 0 Å². The Morgan fingerprint density at radius 1 is 1.45 bits per heavy atom. The van der Waals surface area contributed by atoms with Gasteiger partial charge in [-0.1, -0.05) is 12.1 Å². The Labute approximate surface area is 64.2 Å². The van der Waals surface area contributed by atoms with E-state index in [1.165, 1.54) is 19.2 Å².